The largest absolute Gasteiger partial charge is 0.278 e. The summed E-state index contributed by atoms with van der Waals surface area (Å²) in [5, 5.41) is 12.5. The van der Waals surface area contributed by atoms with Gasteiger partial charge in [-0.2, -0.15) is 0 Å². The molecule has 22 heavy (non-hydrogen) atoms. The van der Waals surface area contributed by atoms with Crippen molar-refractivity contribution >= 4 is 40.1 Å². The van der Waals surface area contributed by atoms with Gasteiger partial charge in [0, 0.05) is 6.07 Å². The molecule has 0 spiro atoms. The van der Waals surface area contributed by atoms with Crippen molar-refractivity contribution in [2.24, 2.45) is 0 Å². The zero-order valence-electron chi connectivity index (χ0n) is 11.0. The molecule has 2 aromatic heterocycles. The van der Waals surface area contributed by atoms with Crippen LogP contribution < -0.4 is 4.90 Å². The first-order chi connectivity index (χ1) is 10.6. The number of anilines is 2. The Balaban J connectivity index is 2.00. The van der Waals surface area contributed by atoms with Gasteiger partial charge in [-0.3, -0.25) is 9.69 Å². The molecular formula is C12H7F2N5OS2. The van der Waals surface area contributed by atoms with Gasteiger partial charge in [0.1, 0.15) is 16.5 Å². The highest BCUT2D eigenvalue weighted by Gasteiger charge is 2.18. The normalized spacial score (nSPS) is 10.7. The molecule has 0 fully saturated rings. The van der Waals surface area contributed by atoms with Gasteiger partial charge in [-0.15, -0.1) is 15.3 Å². The molecule has 0 N–H and O–H groups in total. The Kier molecular flexibility index (Phi) is 3.86. The third kappa shape index (κ3) is 2.70. The first-order valence-corrected chi connectivity index (χ1v) is 7.51. The van der Waals surface area contributed by atoms with E-state index in [1.807, 2.05) is 0 Å². The molecule has 3 aromatic rings. The van der Waals surface area contributed by atoms with Gasteiger partial charge in [0.2, 0.25) is 11.5 Å². The van der Waals surface area contributed by atoms with E-state index in [2.05, 4.69) is 19.8 Å². The predicted molar refractivity (Wildman–Crippen MR) is 78.1 cm³/mol. The molecule has 0 radical (unpaired) electrons. The number of nitrogens with zero attached hydrogens (tertiary/aromatic N) is 5. The summed E-state index contributed by atoms with van der Waals surface area (Å²) >= 11 is 2.26. The fraction of sp³-hybridized carbons (Fsp3) is 0.0833. The highest BCUT2D eigenvalue weighted by molar-refractivity contribution is 7.22. The van der Waals surface area contributed by atoms with E-state index in [0.29, 0.717) is 17.1 Å². The van der Waals surface area contributed by atoms with Gasteiger partial charge in [-0.05, 0) is 30.6 Å². The summed E-state index contributed by atoms with van der Waals surface area (Å²) in [6.07, 6.45) is 0.427. The number of benzene rings is 1. The summed E-state index contributed by atoms with van der Waals surface area (Å²) in [4.78, 5) is 13.1. The van der Waals surface area contributed by atoms with Crippen LogP contribution in [0, 0.1) is 18.6 Å². The molecule has 1 aromatic carbocycles. The minimum atomic E-state index is -0.783. The monoisotopic (exact) mass is 339 g/mol. The van der Waals surface area contributed by atoms with Crippen LogP contribution in [0.1, 0.15) is 5.69 Å². The summed E-state index contributed by atoms with van der Waals surface area (Å²) in [6.45, 7) is 1.78. The number of halogens is 2. The lowest BCUT2D eigenvalue weighted by molar-refractivity contribution is -0.106. The van der Waals surface area contributed by atoms with E-state index in [9.17, 15) is 13.6 Å². The van der Waals surface area contributed by atoms with Crippen LogP contribution >= 0.6 is 22.9 Å². The predicted octanol–water partition coefficient (Wildman–Crippen LogP) is 2.94. The quantitative estimate of drug-likeness (QED) is 0.684. The Bertz CT molecular complexity index is 814. The summed E-state index contributed by atoms with van der Waals surface area (Å²) in [6, 6.07) is 2.81. The number of amides is 1. The molecule has 6 nitrogen and oxygen atoms in total. The SMILES string of the molecule is Cc1nnsc1-c1nnc(N(C=O)c2cc(F)cc(F)c2)s1. The Morgan fingerprint density at radius 2 is 1.86 bits per heavy atom. The first-order valence-electron chi connectivity index (χ1n) is 5.92. The van der Waals surface area contributed by atoms with Crippen LogP contribution in [0.15, 0.2) is 18.2 Å². The molecule has 0 aliphatic rings. The molecule has 2 heterocycles. The van der Waals surface area contributed by atoms with Crippen LogP contribution in [0.25, 0.3) is 9.88 Å². The number of rotatable bonds is 4. The van der Waals surface area contributed by atoms with Gasteiger partial charge < -0.3 is 0 Å². The van der Waals surface area contributed by atoms with Crippen molar-refractivity contribution in [2.45, 2.75) is 6.92 Å². The van der Waals surface area contributed by atoms with Crippen LogP contribution in [0.3, 0.4) is 0 Å². The summed E-state index contributed by atoms with van der Waals surface area (Å²) in [5.41, 5.74) is 0.733. The number of hydrogen-bond donors (Lipinski definition) is 0. The maximum absolute atomic E-state index is 13.3. The lowest BCUT2D eigenvalue weighted by atomic mass is 10.3. The molecule has 1 amide bonds. The molecule has 0 atom stereocenters. The van der Waals surface area contributed by atoms with E-state index in [4.69, 9.17) is 0 Å². The van der Waals surface area contributed by atoms with E-state index in [-0.39, 0.29) is 10.8 Å². The van der Waals surface area contributed by atoms with Crippen LogP contribution in [0.2, 0.25) is 0 Å². The topological polar surface area (TPSA) is 71.9 Å². The van der Waals surface area contributed by atoms with Crippen molar-refractivity contribution < 1.29 is 13.6 Å². The molecule has 0 aliphatic heterocycles. The molecule has 0 unspecified atom stereocenters. The summed E-state index contributed by atoms with van der Waals surface area (Å²) < 4.78 is 30.4. The van der Waals surface area contributed by atoms with Crippen LogP contribution in [0.5, 0.6) is 0 Å². The Labute approximate surface area is 131 Å². The maximum Gasteiger partial charge on any atom is 0.220 e. The summed E-state index contributed by atoms with van der Waals surface area (Å²) in [5.74, 6) is -1.57. The van der Waals surface area contributed by atoms with Crippen molar-refractivity contribution in [1.82, 2.24) is 19.8 Å². The standard InChI is InChI=1S/C12H7F2N5OS2/c1-6-10(22-18-15-6)11-16-17-12(21-11)19(5-20)9-3-7(13)2-8(14)4-9/h2-5H,1H3. The lowest BCUT2D eigenvalue weighted by Gasteiger charge is -2.13. The fourth-order valence-electron chi connectivity index (χ4n) is 1.73. The van der Waals surface area contributed by atoms with Crippen molar-refractivity contribution in [3.05, 3.63) is 35.5 Å². The Morgan fingerprint density at radius 3 is 2.45 bits per heavy atom. The van der Waals surface area contributed by atoms with E-state index >= 15 is 0 Å². The zero-order valence-corrected chi connectivity index (χ0v) is 12.7. The molecular weight excluding hydrogens is 332 g/mol. The minimum absolute atomic E-state index is 0.0364. The lowest BCUT2D eigenvalue weighted by Crippen LogP contribution is -2.14. The van der Waals surface area contributed by atoms with Crippen molar-refractivity contribution in [2.75, 3.05) is 4.90 Å². The summed E-state index contributed by atoms with van der Waals surface area (Å²) in [7, 11) is 0. The second-order valence-electron chi connectivity index (χ2n) is 4.18. The average Bonchev–Trinajstić information content (AvgIpc) is 3.07. The van der Waals surface area contributed by atoms with Gasteiger partial charge in [0.05, 0.1) is 11.4 Å². The van der Waals surface area contributed by atoms with Crippen LogP contribution in [-0.2, 0) is 4.79 Å². The van der Waals surface area contributed by atoms with E-state index < -0.39 is 11.6 Å². The maximum atomic E-state index is 13.3. The highest BCUT2D eigenvalue weighted by atomic mass is 32.1. The fourth-order valence-corrected chi connectivity index (χ4v) is 3.32. The van der Waals surface area contributed by atoms with E-state index in [1.165, 1.54) is 0 Å². The van der Waals surface area contributed by atoms with Gasteiger partial charge in [-0.1, -0.05) is 15.8 Å². The highest BCUT2D eigenvalue weighted by Crippen LogP contribution is 2.34. The molecule has 10 heteroatoms. The minimum Gasteiger partial charge on any atom is -0.278 e. The smallest absolute Gasteiger partial charge is 0.220 e. The number of hydrogen-bond acceptors (Lipinski definition) is 7. The van der Waals surface area contributed by atoms with Gasteiger partial charge >= 0.3 is 0 Å². The number of carbonyl (C=O) groups is 1. The molecule has 112 valence electrons. The zero-order chi connectivity index (χ0) is 15.7. The van der Waals surface area contributed by atoms with E-state index in [1.54, 1.807) is 6.92 Å². The van der Waals surface area contributed by atoms with E-state index in [0.717, 1.165) is 50.8 Å². The van der Waals surface area contributed by atoms with Gasteiger partial charge in [-0.25, -0.2) is 8.78 Å². The molecule has 3 rings (SSSR count). The Hall–Kier alpha value is -2.33. The molecule has 0 bridgehead atoms. The average molecular weight is 339 g/mol. The molecule has 0 aliphatic carbocycles. The van der Waals surface area contributed by atoms with Gasteiger partial charge in [0.25, 0.3) is 0 Å². The van der Waals surface area contributed by atoms with Crippen LogP contribution in [-0.4, -0.2) is 26.2 Å². The van der Waals surface area contributed by atoms with Crippen molar-refractivity contribution in [3.63, 3.8) is 0 Å². The number of aryl methyl sites for hydroxylation is 1. The second kappa shape index (κ2) is 5.81. The first kappa shape index (κ1) is 14.6. The van der Waals surface area contributed by atoms with Gasteiger partial charge in [0.15, 0.2) is 5.01 Å². The third-order valence-electron chi connectivity index (χ3n) is 2.70. The second-order valence-corrected chi connectivity index (χ2v) is 5.89. The van der Waals surface area contributed by atoms with Crippen molar-refractivity contribution in [3.8, 4) is 9.88 Å². The molecule has 0 saturated carbocycles. The Morgan fingerprint density at radius 1 is 1.14 bits per heavy atom. The number of aromatic nitrogens is 4. The molecule has 0 saturated heterocycles. The van der Waals surface area contributed by atoms with Crippen LogP contribution in [0.4, 0.5) is 19.6 Å². The van der Waals surface area contributed by atoms with Crippen molar-refractivity contribution in [1.29, 1.82) is 0 Å². The number of carbonyl (C=O) groups excluding carboxylic acids is 1. The third-order valence-corrected chi connectivity index (χ3v) is 4.60.